The van der Waals surface area contributed by atoms with Crippen molar-refractivity contribution in [1.82, 2.24) is 15.1 Å². The molecule has 0 atom stereocenters. The maximum absolute atomic E-state index is 12.1. The van der Waals surface area contributed by atoms with Crippen molar-refractivity contribution in [2.24, 2.45) is 0 Å². The van der Waals surface area contributed by atoms with Crippen molar-refractivity contribution < 1.29 is 14.1 Å². The molecule has 1 aliphatic rings. The van der Waals surface area contributed by atoms with E-state index in [1.807, 2.05) is 7.05 Å². The van der Waals surface area contributed by atoms with Crippen LogP contribution in [0, 0.1) is 0 Å². The summed E-state index contributed by atoms with van der Waals surface area (Å²) >= 11 is 0. The van der Waals surface area contributed by atoms with Crippen LogP contribution in [0.5, 0.6) is 0 Å². The summed E-state index contributed by atoms with van der Waals surface area (Å²) in [6.45, 7) is 2.04. The highest BCUT2D eigenvalue weighted by molar-refractivity contribution is 6.04. The van der Waals surface area contributed by atoms with Crippen molar-refractivity contribution in [1.29, 1.82) is 0 Å². The molecule has 0 aromatic carbocycles. The Morgan fingerprint density at radius 2 is 2.14 bits per heavy atom. The summed E-state index contributed by atoms with van der Waals surface area (Å²) in [6.07, 6.45) is 7.42. The lowest BCUT2D eigenvalue weighted by Crippen LogP contribution is -2.34. The maximum atomic E-state index is 12.1. The number of fused-ring (bicyclic) bond motifs is 1. The fourth-order valence-electron chi connectivity index (χ4n) is 3.02. The van der Waals surface area contributed by atoms with Gasteiger partial charge in [0.05, 0.1) is 6.61 Å². The van der Waals surface area contributed by atoms with E-state index in [0.717, 1.165) is 12.8 Å². The summed E-state index contributed by atoms with van der Waals surface area (Å²) in [5, 5.41) is 4.36. The molecule has 0 aliphatic heterocycles. The first kappa shape index (κ1) is 14.7. The second-order valence-corrected chi connectivity index (χ2v) is 5.53. The number of rotatable bonds is 4. The summed E-state index contributed by atoms with van der Waals surface area (Å²) < 4.78 is 10.2. The zero-order valence-corrected chi connectivity index (χ0v) is 12.9. The third-order valence-electron chi connectivity index (χ3n) is 4.18. The molecule has 0 spiro atoms. The van der Waals surface area contributed by atoms with E-state index in [9.17, 15) is 4.79 Å². The number of anilines is 1. The van der Waals surface area contributed by atoms with E-state index < -0.39 is 5.97 Å². The molecule has 1 fully saturated rings. The molecule has 0 bridgehead atoms. The van der Waals surface area contributed by atoms with Crippen molar-refractivity contribution in [3.05, 3.63) is 12.0 Å². The molecular formula is C15H20N4O3. The van der Waals surface area contributed by atoms with E-state index in [1.54, 1.807) is 6.92 Å². The van der Waals surface area contributed by atoms with Crippen LogP contribution in [0.2, 0.25) is 0 Å². The Hall–Kier alpha value is -2.18. The van der Waals surface area contributed by atoms with E-state index in [0.29, 0.717) is 23.0 Å². The lowest BCUT2D eigenvalue weighted by molar-refractivity contribution is 0.0517. The number of esters is 1. The SMILES string of the molecule is CCOC(=O)c1noc2ncnc(N(C)C3CCCCC3)c12. The number of hydrogen-bond acceptors (Lipinski definition) is 7. The van der Waals surface area contributed by atoms with Crippen LogP contribution in [0.15, 0.2) is 10.9 Å². The molecule has 0 N–H and O–H groups in total. The molecule has 7 heteroatoms. The van der Waals surface area contributed by atoms with Gasteiger partial charge in [0.15, 0.2) is 0 Å². The topological polar surface area (TPSA) is 81.3 Å². The summed E-state index contributed by atoms with van der Waals surface area (Å²) in [7, 11) is 2.00. The van der Waals surface area contributed by atoms with Gasteiger partial charge < -0.3 is 14.2 Å². The highest BCUT2D eigenvalue weighted by Crippen LogP contribution is 2.31. The highest BCUT2D eigenvalue weighted by Gasteiger charge is 2.27. The highest BCUT2D eigenvalue weighted by atomic mass is 16.5. The Kier molecular flexibility index (Phi) is 4.22. The van der Waals surface area contributed by atoms with Crippen molar-refractivity contribution in [3.8, 4) is 0 Å². The van der Waals surface area contributed by atoms with Crippen molar-refractivity contribution >= 4 is 22.9 Å². The van der Waals surface area contributed by atoms with Gasteiger partial charge in [0.1, 0.15) is 17.5 Å². The van der Waals surface area contributed by atoms with Crippen LogP contribution in [0.25, 0.3) is 11.1 Å². The third kappa shape index (κ3) is 2.63. The van der Waals surface area contributed by atoms with Gasteiger partial charge in [-0.3, -0.25) is 0 Å². The van der Waals surface area contributed by atoms with Gasteiger partial charge in [-0.2, -0.15) is 4.98 Å². The van der Waals surface area contributed by atoms with Crippen LogP contribution in [-0.2, 0) is 4.74 Å². The van der Waals surface area contributed by atoms with Crippen LogP contribution < -0.4 is 4.90 Å². The fourth-order valence-corrected chi connectivity index (χ4v) is 3.02. The second-order valence-electron chi connectivity index (χ2n) is 5.53. The molecule has 0 saturated heterocycles. The lowest BCUT2D eigenvalue weighted by Gasteiger charge is -2.32. The monoisotopic (exact) mass is 304 g/mol. The Balaban J connectivity index is 2.01. The molecule has 22 heavy (non-hydrogen) atoms. The average molecular weight is 304 g/mol. The van der Waals surface area contributed by atoms with Gasteiger partial charge in [0, 0.05) is 13.1 Å². The predicted octanol–water partition coefficient (Wildman–Crippen LogP) is 2.56. The van der Waals surface area contributed by atoms with E-state index >= 15 is 0 Å². The van der Waals surface area contributed by atoms with Gasteiger partial charge in [-0.05, 0) is 19.8 Å². The largest absolute Gasteiger partial charge is 0.461 e. The first-order chi connectivity index (χ1) is 10.7. The molecule has 3 rings (SSSR count). The predicted molar refractivity (Wildman–Crippen MR) is 80.8 cm³/mol. The lowest BCUT2D eigenvalue weighted by atomic mass is 9.94. The van der Waals surface area contributed by atoms with Gasteiger partial charge in [-0.1, -0.05) is 24.4 Å². The number of hydrogen-bond donors (Lipinski definition) is 0. The number of ether oxygens (including phenoxy) is 1. The molecule has 0 radical (unpaired) electrons. The molecular weight excluding hydrogens is 284 g/mol. The van der Waals surface area contributed by atoms with Gasteiger partial charge in [-0.25, -0.2) is 9.78 Å². The summed E-state index contributed by atoms with van der Waals surface area (Å²) in [6, 6.07) is 0.414. The van der Waals surface area contributed by atoms with Crippen LogP contribution >= 0.6 is 0 Å². The Labute approximate surface area is 128 Å². The summed E-state index contributed by atoms with van der Waals surface area (Å²) in [5.74, 6) is 0.176. The number of nitrogens with zero attached hydrogens (tertiary/aromatic N) is 4. The first-order valence-electron chi connectivity index (χ1n) is 7.72. The molecule has 118 valence electrons. The summed E-state index contributed by atoms with van der Waals surface area (Å²) in [5.41, 5.74) is 0.464. The van der Waals surface area contributed by atoms with Crippen LogP contribution in [-0.4, -0.2) is 40.8 Å². The normalized spacial score (nSPS) is 15.9. The molecule has 2 aromatic rings. The van der Waals surface area contributed by atoms with Crippen molar-refractivity contribution in [3.63, 3.8) is 0 Å². The quantitative estimate of drug-likeness (QED) is 0.803. The van der Waals surface area contributed by atoms with Gasteiger partial charge in [0.25, 0.3) is 5.71 Å². The van der Waals surface area contributed by atoms with E-state index in [-0.39, 0.29) is 12.3 Å². The molecule has 2 aromatic heterocycles. The van der Waals surface area contributed by atoms with Crippen LogP contribution in [0.3, 0.4) is 0 Å². The Morgan fingerprint density at radius 3 is 2.86 bits per heavy atom. The minimum atomic E-state index is -0.505. The minimum Gasteiger partial charge on any atom is -0.461 e. The van der Waals surface area contributed by atoms with E-state index in [1.165, 1.54) is 25.6 Å². The standard InChI is InChI=1S/C15H20N4O3/c1-3-21-15(20)12-11-13(16-9-17-14(11)22-18-12)19(2)10-7-5-4-6-8-10/h9-10H,3-8H2,1-2H3. The van der Waals surface area contributed by atoms with Crippen LogP contribution in [0.1, 0.15) is 49.5 Å². The summed E-state index contributed by atoms with van der Waals surface area (Å²) in [4.78, 5) is 22.6. The van der Waals surface area contributed by atoms with E-state index in [2.05, 4.69) is 20.0 Å². The van der Waals surface area contributed by atoms with Gasteiger partial charge in [-0.15, -0.1) is 0 Å². The number of carbonyl (C=O) groups excluding carboxylic acids is 1. The molecule has 1 saturated carbocycles. The first-order valence-corrected chi connectivity index (χ1v) is 7.72. The number of carbonyl (C=O) groups is 1. The average Bonchev–Trinajstić information content (AvgIpc) is 2.99. The molecule has 1 aliphatic carbocycles. The second kappa shape index (κ2) is 6.29. The maximum Gasteiger partial charge on any atom is 0.361 e. The Bertz CT molecular complexity index is 664. The molecule has 2 heterocycles. The molecule has 0 amide bonds. The van der Waals surface area contributed by atoms with Crippen molar-refractivity contribution in [2.45, 2.75) is 45.1 Å². The van der Waals surface area contributed by atoms with Crippen LogP contribution in [0.4, 0.5) is 5.82 Å². The zero-order chi connectivity index (χ0) is 15.5. The smallest absolute Gasteiger partial charge is 0.361 e. The number of aromatic nitrogens is 3. The Morgan fingerprint density at radius 1 is 1.36 bits per heavy atom. The molecule has 7 nitrogen and oxygen atoms in total. The van der Waals surface area contributed by atoms with Gasteiger partial charge in [0.2, 0.25) is 5.69 Å². The molecule has 0 unspecified atom stereocenters. The van der Waals surface area contributed by atoms with Crippen molar-refractivity contribution in [2.75, 3.05) is 18.6 Å². The van der Waals surface area contributed by atoms with E-state index in [4.69, 9.17) is 9.26 Å². The third-order valence-corrected chi connectivity index (χ3v) is 4.18. The fraction of sp³-hybridized carbons (Fsp3) is 0.600. The zero-order valence-electron chi connectivity index (χ0n) is 12.9. The minimum absolute atomic E-state index is 0.148. The van der Waals surface area contributed by atoms with Gasteiger partial charge >= 0.3 is 5.97 Å².